The van der Waals surface area contributed by atoms with Crippen LogP contribution in [0.15, 0.2) is 42.6 Å². The predicted octanol–water partition coefficient (Wildman–Crippen LogP) is 2.06. The molecule has 0 radical (unpaired) electrons. The number of hydrogen-bond donors (Lipinski definition) is 0. The number of nitrogens with zero attached hydrogens (tertiary/aromatic N) is 1. The van der Waals surface area contributed by atoms with E-state index < -0.39 is 15.9 Å². The van der Waals surface area contributed by atoms with Crippen molar-refractivity contribution in [2.75, 3.05) is 4.31 Å². The fourth-order valence-corrected chi connectivity index (χ4v) is 3.14. The molecule has 0 atom stereocenters. The summed E-state index contributed by atoms with van der Waals surface area (Å²) in [5.74, 6) is 0. The van der Waals surface area contributed by atoms with Crippen molar-refractivity contribution < 1.29 is 12.6 Å². The van der Waals surface area contributed by atoms with Crippen molar-refractivity contribution >= 4 is 16.0 Å². The zero-order valence-electron chi connectivity index (χ0n) is 9.17. The fraction of sp³-hybridized carbons (Fsp3) is 0.273. The van der Waals surface area contributed by atoms with E-state index in [2.05, 4.69) is 6.58 Å². The van der Waals surface area contributed by atoms with Gasteiger partial charge < -0.3 is 0 Å². The lowest BCUT2D eigenvalue weighted by Crippen LogP contribution is -2.25. The van der Waals surface area contributed by atoms with E-state index in [-0.39, 0.29) is 0 Å². The summed E-state index contributed by atoms with van der Waals surface area (Å²) in [6.45, 7) is 7.13. The molecule has 1 aromatic rings. The Labute approximate surface area is 95.4 Å². The first-order valence-electron chi connectivity index (χ1n) is 4.85. The van der Waals surface area contributed by atoms with Crippen molar-refractivity contribution in [3.63, 3.8) is 0 Å². The Kier molecular flexibility index (Phi) is 2.32. The Hall–Kier alpha value is -1.33. The predicted molar refractivity (Wildman–Crippen MR) is 62.1 cm³/mol. The monoisotopic (exact) mass is 239 g/mol. The summed E-state index contributed by atoms with van der Waals surface area (Å²) in [4.78, 5) is 0. The highest BCUT2D eigenvalue weighted by Crippen LogP contribution is 2.39. The minimum atomic E-state index is -3.76. The Morgan fingerprint density at radius 2 is 1.81 bits per heavy atom. The van der Waals surface area contributed by atoms with Gasteiger partial charge in [-0.25, -0.2) is 8.49 Å². The topological polar surface area (TPSA) is 46.6 Å². The van der Waals surface area contributed by atoms with Crippen molar-refractivity contribution in [1.29, 1.82) is 0 Å². The second-order valence-corrected chi connectivity index (χ2v) is 5.49. The fourth-order valence-electron chi connectivity index (χ4n) is 1.58. The molecule has 0 spiro atoms. The van der Waals surface area contributed by atoms with Crippen molar-refractivity contribution in [3.8, 4) is 0 Å². The number of benzene rings is 1. The van der Waals surface area contributed by atoms with Crippen molar-refractivity contribution in [1.82, 2.24) is 0 Å². The highest BCUT2D eigenvalue weighted by molar-refractivity contribution is 7.88. The van der Waals surface area contributed by atoms with Gasteiger partial charge in [-0.15, -0.1) is 0 Å². The molecule has 0 amide bonds. The van der Waals surface area contributed by atoms with Crippen LogP contribution in [0.1, 0.15) is 13.8 Å². The molecule has 0 unspecified atom stereocenters. The van der Waals surface area contributed by atoms with Gasteiger partial charge in [0.25, 0.3) is 0 Å². The van der Waals surface area contributed by atoms with Gasteiger partial charge in [0.1, 0.15) is 5.60 Å². The summed E-state index contributed by atoms with van der Waals surface area (Å²) in [6, 6.07) is 8.76. The Balaban J connectivity index is 2.54. The average molecular weight is 239 g/mol. The molecule has 0 bridgehead atoms. The maximum absolute atomic E-state index is 11.8. The molecule has 0 saturated carbocycles. The van der Waals surface area contributed by atoms with E-state index in [0.717, 1.165) is 4.31 Å². The van der Waals surface area contributed by atoms with Crippen LogP contribution in [0.25, 0.3) is 0 Å². The normalized spacial score (nSPS) is 22.4. The molecule has 0 aliphatic carbocycles. The summed E-state index contributed by atoms with van der Waals surface area (Å²) >= 11 is 0. The van der Waals surface area contributed by atoms with Gasteiger partial charge in [-0.1, -0.05) is 24.8 Å². The Morgan fingerprint density at radius 3 is 2.25 bits per heavy atom. The van der Waals surface area contributed by atoms with Crippen molar-refractivity contribution in [2.24, 2.45) is 0 Å². The minimum absolute atomic E-state index is 0.415. The van der Waals surface area contributed by atoms with Crippen LogP contribution in [0.3, 0.4) is 0 Å². The average Bonchev–Trinajstić information content (AvgIpc) is 2.33. The van der Waals surface area contributed by atoms with Crippen LogP contribution < -0.4 is 4.31 Å². The molecule has 5 heteroatoms. The first-order chi connectivity index (χ1) is 7.34. The van der Waals surface area contributed by atoms with Crippen LogP contribution >= 0.6 is 0 Å². The molecule has 4 nitrogen and oxygen atoms in total. The van der Waals surface area contributed by atoms with Crippen LogP contribution in [-0.2, 0) is 14.5 Å². The largest absolute Gasteiger partial charge is 0.367 e. The van der Waals surface area contributed by atoms with E-state index in [1.54, 1.807) is 38.1 Å². The van der Waals surface area contributed by atoms with Gasteiger partial charge in [0.15, 0.2) is 0 Å². The second kappa shape index (κ2) is 3.33. The maximum Gasteiger partial charge on any atom is 0.367 e. The molecule has 1 aliphatic rings. The lowest BCUT2D eigenvalue weighted by atomic mass is 10.1. The molecule has 0 N–H and O–H groups in total. The van der Waals surface area contributed by atoms with Crippen LogP contribution in [0.4, 0.5) is 5.69 Å². The van der Waals surface area contributed by atoms with Gasteiger partial charge in [-0.3, -0.25) is 0 Å². The van der Waals surface area contributed by atoms with Crippen LogP contribution in [-0.4, -0.2) is 14.0 Å². The van der Waals surface area contributed by atoms with E-state index in [9.17, 15) is 8.42 Å². The number of para-hydroxylation sites is 1. The zero-order valence-corrected chi connectivity index (χ0v) is 9.99. The van der Waals surface area contributed by atoms with Gasteiger partial charge in [0.05, 0.1) is 11.4 Å². The molecular weight excluding hydrogens is 226 g/mol. The summed E-state index contributed by atoms with van der Waals surface area (Å²) in [6.07, 6.45) is 0. The molecular formula is C11H13NO3S. The third-order valence-electron chi connectivity index (χ3n) is 2.47. The van der Waals surface area contributed by atoms with E-state index in [1.165, 1.54) is 0 Å². The second-order valence-electron chi connectivity index (χ2n) is 4.10. The molecule has 1 fully saturated rings. The van der Waals surface area contributed by atoms with Gasteiger partial charge >= 0.3 is 10.3 Å². The molecule has 1 heterocycles. The quantitative estimate of drug-likeness (QED) is 0.753. The van der Waals surface area contributed by atoms with Gasteiger partial charge in [0.2, 0.25) is 0 Å². The lowest BCUT2D eigenvalue weighted by molar-refractivity contribution is 0.179. The first-order valence-corrected chi connectivity index (χ1v) is 6.21. The van der Waals surface area contributed by atoms with Crippen LogP contribution in [0.2, 0.25) is 0 Å². The minimum Gasteiger partial charge on any atom is -0.241 e. The number of hydrogen-bond acceptors (Lipinski definition) is 3. The summed E-state index contributed by atoms with van der Waals surface area (Å²) in [5, 5.41) is 0. The number of anilines is 1. The van der Waals surface area contributed by atoms with E-state index in [1.807, 2.05) is 6.07 Å². The van der Waals surface area contributed by atoms with Crippen LogP contribution in [0.5, 0.6) is 0 Å². The van der Waals surface area contributed by atoms with E-state index in [4.69, 9.17) is 4.18 Å². The highest BCUT2D eigenvalue weighted by atomic mass is 32.2. The molecule has 16 heavy (non-hydrogen) atoms. The lowest BCUT2D eigenvalue weighted by Gasteiger charge is -2.18. The molecule has 86 valence electrons. The molecule has 0 aromatic heterocycles. The highest BCUT2D eigenvalue weighted by Gasteiger charge is 2.46. The van der Waals surface area contributed by atoms with Gasteiger partial charge in [0, 0.05) is 0 Å². The summed E-state index contributed by atoms with van der Waals surface area (Å²) < 4.78 is 29.8. The van der Waals surface area contributed by atoms with Gasteiger partial charge in [-0.2, -0.15) is 8.42 Å². The Bertz CT molecular complexity index is 519. The third kappa shape index (κ3) is 1.62. The van der Waals surface area contributed by atoms with E-state index in [0.29, 0.717) is 11.4 Å². The SMILES string of the molecule is C=C1N(c2ccccc2)S(=O)(=O)OC1(C)C. The zero-order chi connectivity index (χ0) is 12.0. The van der Waals surface area contributed by atoms with E-state index >= 15 is 0 Å². The maximum atomic E-state index is 11.8. The molecule has 1 saturated heterocycles. The summed E-state index contributed by atoms with van der Waals surface area (Å²) in [7, 11) is -3.76. The Morgan fingerprint density at radius 1 is 1.25 bits per heavy atom. The molecule has 1 aliphatic heterocycles. The van der Waals surface area contributed by atoms with Crippen molar-refractivity contribution in [2.45, 2.75) is 19.4 Å². The molecule has 2 rings (SSSR count). The van der Waals surface area contributed by atoms with Crippen molar-refractivity contribution in [3.05, 3.63) is 42.6 Å². The molecule has 1 aromatic carbocycles. The smallest absolute Gasteiger partial charge is 0.241 e. The van der Waals surface area contributed by atoms with Gasteiger partial charge in [-0.05, 0) is 26.0 Å². The first kappa shape index (κ1) is 11.2. The van der Waals surface area contributed by atoms with Crippen LogP contribution in [0, 0.1) is 0 Å². The summed E-state index contributed by atoms with van der Waals surface area (Å²) in [5.41, 5.74) is 0.0612. The third-order valence-corrected chi connectivity index (χ3v) is 3.97. The number of rotatable bonds is 1. The standard InChI is InChI=1S/C11H13NO3S/c1-9-11(2,3)15-16(13,14)12(9)10-7-5-4-6-8-10/h4-8H,1H2,2-3H3.